The molecule has 0 saturated carbocycles. The average Bonchev–Trinajstić information content (AvgIpc) is 3.55. The van der Waals surface area contributed by atoms with Crippen molar-refractivity contribution in [2.45, 2.75) is 31.5 Å². The number of aromatic nitrogens is 6. The van der Waals surface area contributed by atoms with Crippen LogP contribution < -0.4 is 11.0 Å². The fraction of sp³-hybridized carbons (Fsp3) is 0.192. The summed E-state index contributed by atoms with van der Waals surface area (Å²) < 4.78 is 42.2. The molecule has 1 aliphatic heterocycles. The van der Waals surface area contributed by atoms with Crippen LogP contribution in [0.3, 0.4) is 0 Å². The molecule has 42 heavy (non-hydrogen) atoms. The molecule has 1 aliphatic rings. The van der Waals surface area contributed by atoms with E-state index in [0.717, 1.165) is 4.68 Å². The second-order valence-corrected chi connectivity index (χ2v) is 9.50. The average molecular weight is 602 g/mol. The first-order valence-corrected chi connectivity index (χ1v) is 12.7. The van der Waals surface area contributed by atoms with Crippen molar-refractivity contribution in [3.8, 4) is 17.1 Å². The smallest absolute Gasteiger partial charge is 0.416 e. The van der Waals surface area contributed by atoms with Crippen LogP contribution in [-0.4, -0.2) is 63.6 Å². The van der Waals surface area contributed by atoms with E-state index in [1.165, 1.54) is 59.7 Å². The van der Waals surface area contributed by atoms with Crippen LogP contribution >= 0.6 is 11.6 Å². The molecule has 5 rings (SSSR count). The molecular formula is C26H21ClF3N8O4-. The molecule has 2 atom stereocenters. The second-order valence-electron chi connectivity index (χ2n) is 9.07. The van der Waals surface area contributed by atoms with Crippen molar-refractivity contribution >= 4 is 17.5 Å². The molecule has 2 aromatic carbocycles. The Hall–Kier alpha value is -4.73. The topological polar surface area (TPSA) is 146 Å². The first-order chi connectivity index (χ1) is 20.0. The van der Waals surface area contributed by atoms with Gasteiger partial charge in [0.2, 0.25) is 0 Å². The Morgan fingerprint density at radius 2 is 1.86 bits per heavy atom. The second kappa shape index (κ2) is 11.6. The number of halogens is 4. The van der Waals surface area contributed by atoms with Gasteiger partial charge in [0.05, 0.1) is 17.8 Å². The number of carbonyl (C=O) groups excluding carboxylic acids is 1. The van der Waals surface area contributed by atoms with Crippen molar-refractivity contribution < 1.29 is 23.1 Å². The van der Waals surface area contributed by atoms with E-state index in [-0.39, 0.29) is 23.8 Å². The van der Waals surface area contributed by atoms with Crippen molar-refractivity contribution in [2.75, 3.05) is 0 Å². The van der Waals surface area contributed by atoms with Crippen LogP contribution in [0.1, 0.15) is 16.2 Å². The van der Waals surface area contributed by atoms with Crippen molar-refractivity contribution in [1.29, 1.82) is 0 Å². The molecule has 2 aromatic heterocycles. The summed E-state index contributed by atoms with van der Waals surface area (Å²) >= 11 is 5.92. The number of amides is 1. The van der Waals surface area contributed by atoms with Crippen LogP contribution in [0, 0.1) is 5.21 Å². The minimum atomic E-state index is -4.96. The number of benzene rings is 2. The Morgan fingerprint density at radius 1 is 1.12 bits per heavy atom. The highest BCUT2D eigenvalue weighted by Crippen LogP contribution is 2.24. The summed E-state index contributed by atoms with van der Waals surface area (Å²) in [7, 11) is 0. The van der Waals surface area contributed by atoms with Crippen LogP contribution in [0.4, 0.5) is 13.2 Å². The van der Waals surface area contributed by atoms with Gasteiger partial charge >= 0.3 is 11.9 Å². The number of carbonyl (C=O) groups is 1. The van der Waals surface area contributed by atoms with Gasteiger partial charge in [0.1, 0.15) is 19.0 Å². The predicted molar refractivity (Wildman–Crippen MR) is 144 cm³/mol. The van der Waals surface area contributed by atoms with E-state index >= 15 is 0 Å². The summed E-state index contributed by atoms with van der Waals surface area (Å²) in [5, 5.41) is 33.7. The van der Waals surface area contributed by atoms with E-state index in [2.05, 4.69) is 20.5 Å². The lowest BCUT2D eigenvalue weighted by atomic mass is 10.1. The number of rotatable bonds is 8. The SMILES string of the molecule is O=C(NC1C=CC=CN1[O-])c1ccccc1-n1cnc(Cn2nc(-c3ccc(Cl)cc3)n(C[C@H](O)C(F)(F)F)c2=O)n1. The summed E-state index contributed by atoms with van der Waals surface area (Å²) in [6, 6.07) is 12.3. The number of alkyl halides is 3. The van der Waals surface area contributed by atoms with Gasteiger partial charge in [-0.2, -0.15) is 13.2 Å². The van der Waals surface area contributed by atoms with Crippen LogP contribution in [-0.2, 0) is 13.1 Å². The Balaban J connectivity index is 1.43. The van der Waals surface area contributed by atoms with Crippen LogP contribution in [0.5, 0.6) is 0 Å². The van der Waals surface area contributed by atoms with Gasteiger partial charge in [0.15, 0.2) is 17.8 Å². The van der Waals surface area contributed by atoms with E-state index < -0.39 is 36.6 Å². The fourth-order valence-electron chi connectivity index (χ4n) is 4.09. The fourth-order valence-corrected chi connectivity index (χ4v) is 4.21. The lowest BCUT2D eigenvalue weighted by Crippen LogP contribution is -2.43. The number of para-hydroxylation sites is 1. The van der Waals surface area contributed by atoms with Gasteiger partial charge in [-0.1, -0.05) is 29.8 Å². The molecule has 2 N–H and O–H groups in total. The van der Waals surface area contributed by atoms with Gasteiger partial charge in [-0.3, -0.25) is 9.36 Å². The predicted octanol–water partition coefficient (Wildman–Crippen LogP) is 2.86. The molecular weight excluding hydrogens is 581 g/mol. The molecule has 0 bridgehead atoms. The Morgan fingerprint density at radius 3 is 2.57 bits per heavy atom. The number of aliphatic hydroxyl groups is 1. The van der Waals surface area contributed by atoms with E-state index in [0.29, 0.717) is 25.9 Å². The molecule has 0 spiro atoms. The first kappa shape index (κ1) is 28.8. The monoisotopic (exact) mass is 601 g/mol. The highest BCUT2D eigenvalue weighted by molar-refractivity contribution is 6.30. The maximum Gasteiger partial charge on any atom is 0.416 e. The Labute approximate surface area is 240 Å². The maximum atomic E-state index is 13.1. The molecule has 0 saturated heterocycles. The lowest BCUT2D eigenvalue weighted by molar-refractivity contribution is -0.207. The number of nitrogens with zero attached hydrogens (tertiary/aromatic N) is 7. The molecule has 4 aromatic rings. The van der Waals surface area contributed by atoms with Gasteiger partial charge in [-0.25, -0.2) is 19.1 Å². The Bertz CT molecular complexity index is 1710. The van der Waals surface area contributed by atoms with E-state index in [1.807, 2.05) is 0 Å². The van der Waals surface area contributed by atoms with Crippen LogP contribution in [0.15, 0.2) is 84.1 Å². The quantitative estimate of drug-likeness (QED) is 0.313. The lowest BCUT2D eigenvalue weighted by Gasteiger charge is -2.36. The third kappa shape index (κ3) is 6.12. The Kier molecular flexibility index (Phi) is 7.98. The van der Waals surface area contributed by atoms with Crippen molar-refractivity contribution in [3.05, 3.63) is 111 Å². The minimum absolute atomic E-state index is 0.0575. The van der Waals surface area contributed by atoms with Crippen LogP contribution in [0.2, 0.25) is 5.02 Å². The van der Waals surface area contributed by atoms with Gasteiger partial charge in [0.25, 0.3) is 5.91 Å². The zero-order valence-corrected chi connectivity index (χ0v) is 22.1. The van der Waals surface area contributed by atoms with Crippen molar-refractivity contribution in [1.82, 2.24) is 39.5 Å². The summed E-state index contributed by atoms with van der Waals surface area (Å²) in [6.45, 7) is -1.42. The zero-order valence-electron chi connectivity index (χ0n) is 21.4. The van der Waals surface area contributed by atoms with Gasteiger partial charge < -0.3 is 20.7 Å². The van der Waals surface area contributed by atoms with E-state index in [9.17, 15) is 33.1 Å². The van der Waals surface area contributed by atoms with E-state index in [4.69, 9.17) is 11.6 Å². The van der Waals surface area contributed by atoms with E-state index in [1.54, 1.807) is 24.3 Å². The van der Waals surface area contributed by atoms with Crippen molar-refractivity contribution in [2.24, 2.45) is 0 Å². The molecule has 16 heteroatoms. The van der Waals surface area contributed by atoms with Gasteiger partial charge in [0, 0.05) is 10.6 Å². The highest BCUT2D eigenvalue weighted by atomic mass is 35.5. The van der Waals surface area contributed by atoms with Crippen molar-refractivity contribution in [3.63, 3.8) is 0 Å². The molecule has 0 fully saturated rings. The number of aliphatic hydroxyl groups excluding tert-OH is 1. The summed E-state index contributed by atoms with van der Waals surface area (Å²) in [4.78, 5) is 30.3. The summed E-state index contributed by atoms with van der Waals surface area (Å²) in [6.07, 6.45) is -1.45. The largest absolute Gasteiger partial charge is 0.757 e. The zero-order chi connectivity index (χ0) is 30.0. The maximum absolute atomic E-state index is 13.1. The number of allylic oxidation sites excluding steroid dienone is 2. The summed E-state index contributed by atoms with van der Waals surface area (Å²) in [5.41, 5.74) is -0.147. The highest BCUT2D eigenvalue weighted by Gasteiger charge is 2.39. The first-order valence-electron chi connectivity index (χ1n) is 12.3. The molecule has 3 heterocycles. The number of hydroxylamine groups is 2. The minimum Gasteiger partial charge on any atom is -0.757 e. The van der Waals surface area contributed by atoms with Gasteiger partial charge in [-0.05, 0) is 54.8 Å². The molecule has 0 radical (unpaired) electrons. The number of hydrogen-bond acceptors (Lipinski definition) is 8. The number of hydrogen-bond donors (Lipinski definition) is 2. The molecule has 1 unspecified atom stereocenters. The molecule has 218 valence electrons. The number of nitrogens with one attached hydrogen (secondary N) is 1. The van der Waals surface area contributed by atoms with Gasteiger partial charge in [-0.15, -0.1) is 10.2 Å². The third-order valence-electron chi connectivity index (χ3n) is 6.18. The molecule has 0 aliphatic carbocycles. The molecule has 1 amide bonds. The standard InChI is InChI=1S/C26H21ClF3N8O4/c27-17-10-8-16(9-11-17)23-34-36(25(41)35(23)13-20(39)26(28,29)30)14-21-31-15-37(33-21)19-6-2-1-5-18(19)24(40)32-22-7-3-4-12-38(22)42/h1-12,15,20,22,39H,13-14H2,(H,32,40)/q-1/t20-,22?/m0/s1. The summed E-state index contributed by atoms with van der Waals surface area (Å²) in [5.74, 6) is -0.623. The molecule has 12 nitrogen and oxygen atoms in total. The van der Waals surface area contributed by atoms with Crippen LogP contribution in [0.25, 0.3) is 17.1 Å². The normalized spacial score (nSPS) is 15.7. The third-order valence-corrected chi connectivity index (χ3v) is 6.43.